The molecule has 0 bridgehead atoms. The fourth-order valence-electron chi connectivity index (χ4n) is 1.41. The Morgan fingerprint density at radius 3 is 2.91 bits per heavy atom. The van der Waals surface area contributed by atoms with Gasteiger partial charge in [0, 0.05) is 0 Å². The topological polar surface area (TPSA) is 0 Å². The molecule has 0 aromatic carbocycles. The second-order valence-electron chi connectivity index (χ2n) is 3.23. The summed E-state index contributed by atoms with van der Waals surface area (Å²) in [5.41, 5.74) is 1.51. The molecule has 0 radical (unpaired) electrons. The zero-order valence-corrected chi connectivity index (χ0v) is 8.16. The van der Waals surface area contributed by atoms with Gasteiger partial charge in [0.15, 0.2) is 0 Å². The zero-order valence-electron chi connectivity index (χ0n) is 7.34. The summed E-state index contributed by atoms with van der Waals surface area (Å²) < 4.78 is 0. The molecule has 0 amide bonds. The maximum atomic E-state index is 2.33. The van der Waals surface area contributed by atoms with Crippen LogP contribution in [0.3, 0.4) is 0 Å². The van der Waals surface area contributed by atoms with E-state index in [0.717, 1.165) is 5.92 Å². The molecule has 0 saturated carbocycles. The summed E-state index contributed by atoms with van der Waals surface area (Å²) in [4.78, 5) is 0. The summed E-state index contributed by atoms with van der Waals surface area (Å²) >= 11 is 1.80. The Labute approximate surface area is 73.3 Å². The molecule has 1 unspecified atom stereocenters. The smallest absolute Gasteiger partial charge is 0.00612 e. The Kier molecular flexibility index (Phi) is 3.64. The molecule has 0 fully saturated rings. The lowest BCUT2D eigenvalue weighted by Crippen LogP contribution is -1.97. The van der Waals surface area contributed by atoms with Crippen LogP contribution in [0.2, 0.25) is 0 Å². The monoisotopic (exact) mass is 168 g/mol. The molecule has 1 atom stereocenters. The highest BCUT2D eigenvalue weighted by molar-refractivity contribution is 7.07. The third-order valence-electron chi connectivity index (χ3n) is 1.95. The van der Waals surface area contributed by atoms with Gasteiger partial charge < -0.3 is 0 Å². The molecule has 1 aromatic heterocycles. The highest BCUT2D eigenvalue weighted by atomic mass is 32.1. The molecule has 0 saturated heterocycles. The average molecular weight is 168 g/mol. The van der Waals surface area contributed by atoms with Gasteiger partial charge in [-0.25, -0.2) is 0 Å². The summed E-state index contributed by atoms with van der Waals surface area (Å²) in [5, 5.41) is 4.42. The van der Waals surface area contributed by atoms with E-state index >= 15 is 0 Å². The molecular weight excluding hydrogens is 152 g/mol. The van der Waals surface area contributed by atoms with Crippen molar-refractivity contribution in [2.24, 2.45) is 5.92 Å². The highest BCUT2D eigenvalue weighted by Gasteiger charge is 2.01. The first kappa shape index (κ1) is 8.79. The van der Waals surface area contributed by atoms with Crippen LogP contribution in [0.1, 0.15) is 32.3 Å². The van der Waals surface area contributed by atoms with Gasteiger partial charge in [-0.05, 0) is 34.7 Å². The molecule has 0 aliphatic carbocycles. The Balaban J connectivity index is 2.31. The van der Waals surface area contributed by atoms with Crippen molar-refractivity contribution in [3.05, 3.63) is 22.4 Å². The van der Waals surface area contributed by atoms with Crippen molar-refractivity contribution in [3.8, 4) is 0 Å². The maximum absolute atomic E-state index is 2.33. The number of hydrogen-bond acceptors (Lipinski definition) is 1. The molecule has 0 aliphatic rings. The van der Waals surface area contributed by atoms with E-state index in [2.05, 4.69) is 30.7 Å². The normalized spacial score (nSPS) is 13.3. The van der Waals surface area contributed by atoms with Crippen LogP contribution in [0.5, 0.6) is 0 Å². The van der Waals surface area contributed by atoms with Crippen LogP contribution in [-0.4, -0.2) is 0 Å². The lowest BCUT2D eigenvalue weighted by molar-refractivity contribution is 0.523. The van der Waals surface area contributed by atoms with Gasteiger partial charge in [0.05, 0.1) is 0 Å². The quantitative estimate of drug-likeness (QED) is 0.642. The third-order valence-corrected chi connectivity index (χ3v) is 2.68. The Morgan fingerprint density at radius 1 is 1.55 bits per heavy atom. The van der Waals surface area contributed by atoms with Crippen LogP contribution in [0.25, 0.3) is 0 Å². The Bertz CT molecular complexity index is 177. The van der Waals surface area contributed by atoms with Crippen molar-refractivity contribution in [2.45, 2.75) is 33.1 Å². The third kappa shape index (κ3) is 3.06. The molecule has 0 N–H and O–H groups in total. The van der Waals surface area contributed by atoms with E-state index in [0.29, 0.717) is 0 Å². The molecule has 1 heterocycles. The molecule has 1 rings (SSSR count). The van der Waals surface area contributed by atoms with Gasteiger partial charge in [0.2, 0.25) is 0 Å². The summed E-state index contributed by atoms with van der Waals surface area (Å²) in [6.07, 6.45) is 3.93. The van der Waals surface area contributed by atoms with Crippen molar-refractivity contribution in [1.29, 1.82) is 0 Å². The van der Waals surface area contributed by atoms with Gasteiger partial charge in [-0.2, -0.15) is 11.3 Å². The van der Waals surface area contributed by atoms with Gasteiger partial charge in [0.1, 0.15) is 0 Å². The van der Waals surface area contributed by atoms with Crippen molar-refractivity contribution < 1.29 is 0 Å². The molecular formula is C10H16S. The van der Waals surface area contributed by atoms with Gasteiger partial charge in [-0.3, -0.25) is 0 Å². The summed E-state index contributed by atoms with van der Waals surface area (Å²) in [6.45, 7) is 4.59. The van der Waals surface area contributed by atoms with Crippen molar-refractivity contribution in [1.82, 2.24) is 0 Å². The first-order valence-corrected chi connectivity index (χ1v) is 5.28. The van der Waals surface area contributed by atoms with E-state index in [1.807, 2.05) is 0 Å². The predicted octanol–water partition coefficient (Wildman–Crippen LogP) is 3.73. The molecule has 1 heteroatoms. The van der Waals surface area contributed by atoms with Gasteiger partial charge in [-0.15, -0.1) is 0 Å². The zero-order chi connectivity index (χ0) is 8.10. The number of rotatable bonds is 4. The van der Waals surface area contributed by atoms with E-state index in [-0.39, 0.29) is 0 Å². The van der Waals surface area contributed by atoms with E-state index in [4.69, 9.17) is 0 Å². The fourth-order valence-corrected chi connectivity index (χ4v) is 2.09. The summed E-state index contributed by atoms with van der Waals surface area (Å²) in [7, 11) is 0. The average Bonchev–Trinajstić information content (AvgIpc) is 2.40. The minimum atomic E-state index is 0.856. The van der Waals surface area contributed by atoms with Crippen LogP contribution in [0, 0.1) is 5.92 Å². The van der Waals surface area contributed by atoms with E-state index < -0.39 is 0 Å². The van der Waals surface area contributed by atoms with Crippen molar-refractivity contribution >= 4 is 11.3 Å². The Hall–Kier alpha value is -0.300. The van der Waals surface area contributed by atoms with Crippen molar-refractivity contribution in [2.75, 3.05) is 0 Å². The van der Waals surface area contributed by atoms with E-state index in [1.165, 1.54) is 24.8 Å². The van der Waals surface area contributed by atoms with Crippen molar-refractivity contribution in [3.63, 3.8) is 0 Å². The second kappa shape index (κ2) is 4.55. The van der Waals surface area contributed by atoms with Crippen LogP contribution in [0.4, 0.5) is 0 Å². The molecule has 0 spiro atoms. The first-order valence-electron chi connectivity index (χ1n) is 4.34. The van der Waals surface area contributed by atoms with Crippen LogP contribution in [0.15, 0.2) is 16.8 Å². The lowest BCUT2D eigenvalue weighted by Gasteiger charge is -2.07. The minimum Gasteiger partial charge on any atom is -0.152 e. The highest BCUT2D eigenvalue weighted by Crippen LogP contribution is 2.15. The molecule has 11 heavy (non-hydrogen) atoms. The molecule has 0 aliphatic heterocycles. The van der Waals surface area contributed by atoms with E-state index in [1.54, 1.807) is 11.3 Å². The van der Waals surface area contributed by atoms with Crippen LogP contribution < -0.4 is 0 Å². The first-order chi connectivity index (χ1) is 5.33. The minimum absolute atomic E-state index is 0.856. The maximum Gasteiger partial charge on any atom is -0.00612 e. The number of thiophene rings is 1. The largest absolute Gasteiger partial charge is 0.152 e. The fraction of sp³-hybridized carbons (Fsp3) is 0.600. The SMILES string of the molecule is CCCC(C)Cc1ccsc1. The standard InChI is InChI=1S/C10H16S/c1-3-4-9(2)7-10-5-6-11-8-10/h5-6,8-9H,3-4,7H2,1-2H3. The van der Waals surface area contributed by atoms with Gasteiger partial charge in [-0.1, -0.05) is 26.7 Å². The van der Waals surface area contributed by atoms with Gasteiger partial charge >= 0.3 is 0 Å². The lowest BCUT2D eigenvalue weighted by atomic mass is 9.99. The molecule has 0 nitrogen and oxygen atoms in total. The summed E-state index contributed by atoms with van der Waals surface area (Å²) in [6, 6.07) is 2.23. The van der Waals surface area contributed by atoms with Crippen LogP contribution in [-0.2, 0) is 6.42 Å². The summed E-state index contributed by atoms with van der Waals surface area (Å²) in [5.74, 6) is 0.856. The number of hydrogen-bond donors (Lipinski definition) is 0. The Morgan fingerprint density at radius 2 is 2.36 bits per heavy atom. The molecule has 62 valence electrons. The van der Waals surface area contributed by atoms with Crippen LogP contribution >= 0.6 is 11.3 Å². The predicted molar refractivity (Wildman–Crippen MR) is 52.1 cm³/mol. The second-order valence-corrected chi connectivity index (χ2v) is 4.01. The van der Waals surface area contributed by atoms with Gasteiger partial charge in [0.25, 0.3) is 0 Å². The molecule has 1 aromatic rings. The van der Waals surface area contributed by atoms with E-state index in [9.17, 15) is 0 Å².